The van der Waals surface area contributed by atoms with Crippen molar-refractivity contribution in [2.75, 3.05) is 7.11 Å². The molecule has 0 saturated heterocycles. The van der Waals surface area contributed by atoms with E-state index in [2.05, 4.69) is 0 Å². The van der Waals surface area contributed by atoms with Crippen molar-refractivity contribution < 1.29 is 9.13 Å². The molecular weight excluding hydrogens is 253 g/mol. The number of methoxy groups -OCH3 is 1. The normalized spacial score (nSPS) is 17.9. The molecule has 18 heavy (non-hydrogen) atoms. The van der Waals surface area contributed by atoms with Crippen molar-refractivity contribution in [3.8, 4) is 5.75 Å². The Morgan fingerprint density at radius 2 is 1.94 bits per heavy atom. The van der Waals surface area contributed by atoms with Crippen LogP contribution in [0.4, 0.5) is 4.39 Å². The lowest BCUT2D eigenvalue weighted by molar-refractivity contribution is 0.300. The van der Waals surface area contributed by atoms with Gasteiger partial charge in [-0.05, 0) is 24.8 Å². The number of benzene rings is 1. The SMILES string of the molecule is COc1cccc([C@@H](N)C2CCCCC2)c1F.Cl. The van der Waals surface area contributed by atoms with Crippen molar-refractivity contribution in [1.29, 1.82) is 0 Å². The second-order valence-corrected chi connectivity index (χ2v) is 4.79. The molecule has 4 heteroatoms. The summed E-state index contributed by atoms with van der Waals surface area (Å²) in [6.07, 6.45) is 5.92. The van der Waals surface area contributed by atoms with E-state index in [9.17, 15) is 4.39 Å². The molecule has 1 aromatic rings. The number of hydrogen-bond acceptors (Lipinski definition) is 2. The van der Waals surface area contributed by atoms with Crippen molar-refractivity contribution in [1.82, 2.24) is 0 Å². The molecule has 2 rings (SSSR count). The summed E-state index contributed by atoms with van der Waals surface area (Å²) in [5.41, 5.74) is 6.79. The maximum atomic E-state index is 14.1. The zero-order valence-electron chi connectivity index (χ0n) is 10.7. The lowest BCUT2D eigenvalue weighted by Gasteiger charge is -2.28. The molecule has 0 aromatic heterocycles. The zero-order chi connectivity index (χ0) is 12.3. The fourth-order valence-corrected chi connectivity index (χ4v) is 2.69. The van der Waals surface area contributed by atoms with Crippen molar-refractivity contribution in [3.05, 3.63) is 29.6 Å². The first-order valence-electron chi connectivity index (χ1n) is 6.32. The third-order valence-corrected chi connectivity index (χ3v) is 3.73. The summed E-state index contributed by atoms with van der Waals surface area (Å²) < 4.78 is 19.1. The van der Waals surface area contributed by atoms with Gasteiger partial charge in [-0.1, -0.05) is 31.4 Å². The van der Waals surface area contributed by atoms with E-state index in [1.807, 2.05) is 0 Å². The maximum absolute atomic E-state index is 14.1. The summed E-state index contributed by atoms with van der Waals surface area (Å²) in [5.74, 6) is 0.396. The Morgan fingerprint density at radius 1 is 1.28 bits per heavy atom. The molecule has 0 radical (unpaired) electrons. The van der Waals surface area contributed by atoms with E-state index in [0.717, 1.165) is 12.8 Å². The smallest absolute Gasteiger partial charge is 0.169 e. The van der Waals surface area contributed by atoms with Crippen molar-refractivity contribution in [2.45, 2.75) is 38.1 Å². The standard InChI is InChI=1S/C14H20FNO.ClH/c1-17-12-9-5-8-11(13(12)15)14(16)10-6-3-2-4-7-10;/h5,8-10,14H,2-4,6-7,16H2,1H3;1H/t14-;/m0./s1. The molecule has 1 atom stereocenters. The van der Waals surface area contributed by atoms with E-state index in [-0.39, 0.29) is 30.0 Å². The van der Waals surface area contributed by atoms with E-state index in [4.69, 9.17) is 10.5 Å². The van der Waals surface area contributed by atoms with Gasteiger partial charge in [0.1, 0.15) is 0 Å². The summed E-state index contributed by atoms with van der Waals surface area (Å²) in [5, 5.41) is 0. The molecule has 1 aliphatic carbocycles. The molecule has 1 aromatic carbocycles. The third-order valence-electron chi connectivity index (χ3n) is 3.73. The van der Waals surface area contributed by atoms with Gasteiger partial charge in [-0.15, -0.1) is 12.4 Å². The van der Waals surface area contributed by atoms with E-state index >= 15 is 0 Å². The molecule has 0 aliphatic heterocycles. The number of rotatable bonds is 3. The Kier molecular flexibility index (Phi) is 5.89. The monoisotopic (exact) mass is 273 g/mol. The topological polar surface area (TPSA) is 35.2 Å². The van der Waals surface area contributed by atoms with Crippen LogP contribution >= 0.6 is 12.4 Å². The second kappa shape index (κ2) is 6.95. The molecule has 1 aliphatic rings. The van der Waals surface area contributed by atoms with Crippen LogP contribution in [0.15, 0.2) is 18.2 Å². The van der Waals surface area contributed by atoms with Gasteiger partial charge in [0, 0.05) is 11.6 Å². The first-order chi connectivity index (χ1) is 8.24. The molecule has 1 saturated carbocycles. The van der Waals surface area contributed by atoms with E-state index < -0.39 is 0 Å². The van der Waals surface area contributed by atoms with Crippen LogP contribution in [0.3, 0.4) is 0 Å². The summed E-state index contributed by atoms with van der Waals surface area (Å²) in [4.78, 5) is 0. The molecule has 0 unspecified atom stereocenters. The summed E-state index contributed by atoms with van der Waals surface area (Å²) in [6, 6.07) is 5.01. The van der Waals surface area contributed by atoms with Gasteiger partial charge in [-0.3, -0.25) is 0 Å². The van der Waals surface area contributed by atoms with Gasteiger partial charge < -0.3 is 10.5 Å². The third kappa shape index (κ3) is 3.15. The molecule has 0 heterocycles. The van der Waals surface area contributed by atoms with E-state index in [1.165, 1.54) is 26.4 Å². The van der Waals surface area contributed by atoms with Crippen LogP contribution in [0.25, 0.3) is 0 Å². The van der Waals surface area contributed by atoms with Gasteiger partial charge in [0.15, 0.2) is 11.6 Å². The van der Waals surface area contributed by atoms with E-state index in [1.54, 1.807) is 18.2 Å². The largest absolute Gasteiger partial charge is 0.494 e. The van der Waals surface area contributed by atoms with Gasteiger partial charge in [0.05, 0.1) is 7.11 Å². The minimum absolute atomic E-state index is 0. The van der Waals surface area contributed by atoms with Crippen molar-refractivity contribution in [3.63, 3.8) is 0 Å². The van der Waals surface area contributed by atoms with Crippen LogP contribution < -0.4 is 10.5 Å². The van der Waals surface area contributed by atoms with Crippen LogP contribution in [-0.2, 0) is 0 Å². The van der Waals surface area contributed by atoms with Crippen molar-refractivity contribution >= 4 is 12.4 Å². The molecule has 2 N–H and O–H groups in total. The van der Waals surface area contributed by atoms with Crippen molar-refractivity contribution in [2.24, 2.45) is 11.7 Å². The number of nitrogens with two attached hydrogens (primary N) is 1. The average Bonchev–Trinajstić information content (AvgIpc) is 2.39. The number of ether oxygens (including phenoxy) is 1. The second-order valence-electron chi connectivity index (χ2n) is 4.79. The summed E-state index contributed by atoms with van der Waals surface area (Å²) >= 11 is 0. The van der Waals surface area contributed by atoms with Crippen LogP contribution in [0.2, 0.25) is 0 Å². The Balaban J connectivity index is 0.00000162. The average molecular weight is 274 g/mol. The van der Waals surface area contributed by atoms with Gasteiger partial charge in [-0.2, -0.15) is 0 Å². The van der Waals surface area contributed by atoms with Gasteiger partial charge in [0.25, 0.3) is 0 Å². The minimum Gasteiger partial charge on any atom is -0.494 e. The number of halogens is 2. The van der Waals surface area contributed by atoms with Crippen LogP contribution in [0.1, 0.15) is 43.7 Å². The highest BCUT2D eigenvalue weighted by molar-refractivity contribution is 5.85. The summed E-state index contributed by atoms with van der Waals surface area (Å²) in [7, 11) is 1.48. The first-order valence-corrected chi connectivity index (χ1v) is 6.32. The Morgan fingerprint density at radius 3 is 2.56 bits per heavy atom. The maximum Gasteiger partial charge on any atom is 0.169 e. The van der Waals surface area contributed by atoms with E-state index in [0.29, 0.717) is 11.5 Å². The Labute approximate surface area is 114 Å². The molecule has 0 spiro atoms. The van der Waals surface area contributed by atoms with Gasteiger partial charge in [-0.25, -0.2) is 4.39 Å². The quantitative estimate of drug-likeness (QED) is 0.908. The summed E-state index contributed by atoms with van der Waals surface area (Å²) in [6.45, 7) is 0. The lowest BCUT2D eigenvalue weighted by atomic mass is 9.81. The minimum atomic E-state index is -0.298. The molecule has 0 amide bonds. The molecular formula is C14H21ClFNO. The fourth-order valence-electron chi connectivity index (χ4n) is 2.69. The first kappa shape index (κ1) is 15.3. The van der Waals surface area contributed by atoms with Crippen LogP contribution in [0, 0.1) is 11.7 Å². The predicted molar refractivity (Wildman–Crippen MR) is 73.7 cm³/mol. The molecule has 0 bridgehead atoms. The Bertz CT molecular complexity index is 380. The highest BCUT2D eigenvalue weighted by atomic mass is 35.5. The van der Waals surface area contributed by atoms with Gasteiger partial charge in [0.2, 0.25) is 0 Å². The van der Waals surface area contributed by atoms with Crippen LogP contribution in [-0.4, -0.2) is 7.11 Å². The highest BCUT2D eigenvalue weighted by Gasteiger charge is 2.25. The fraction of sp³-hybridized carbons (Fsp3) is 0.571. The lowest BCUT2D eigenvalue weighted by Crippen LogP contribution is -2.24. The van der Waals surface area contributed by atoms with Crippen LogP contribution in [0.5, 0.6) is 5.75 Å². The Hall–Kier alpha value is -0.800. The number of hydrogen-bond donors (Lipinski definition) is 1. The molecule has 1 fully saturated rings. The zero-order valence-corrected chi connectivity index (χ0v) is 11.5. The van der Waals surface area contributed by atoms with Gasteiger partial charge >= 0.3 is 0 Å². The predicted octanol–water partition coefficient (Wildman–Crippen LogP) is 3.84. The molecule has 2 nitrogen and oxygen atoms in total. The molecule has 102 valence electrons. The highest BCUT2D eigenvalue weighted by Crippen LogP contribution is 2.35.